The lowest BCUT2D eigenvalue weighted by Gasteiger charge is -2.06. The molecule has 1 heterocycles. The van der Waals surface area contributed by atoms with E-state index in [1.807, 2.05) is 0 Å². The molecule has 18 heavy (non-hydrogen) atoms. The fraction of sp³-hybridized carbons (Fsp3) is 0.0833. The summed E-state index contributed by atoms with van der Waals surface area (Å²) in [6.45, 7) is 0.245. The second kappa shape index (κ2) is 5.61. The first-order valence-electron chi connectivity index (χ1n) is 4.95. The summed E-state index contributed by atoms with van der Waals surface area (Å²) in [6, 6.07) is 6.76. The quantitative estimate of drug-likeness (QED) is 0.914. The van der Waals surface area contributed by atoms with Crippen LogP contribution in [0.25, 0.3) is 0 Å². The summed E-state index contributed by atoms with van der Waals surface area (Å²) >= 11 is 13.0. The summed E-state index contributed by atoms with van der Waals surface area (Å²) in [5.41, 5.74) is 0.757. The molecule has 0 fully saturated rings. The zero-order valence-electron chi connectivity index (χ0n) is 9.02. The van der Waals surface area contributed by atoms with Crippen LogP contribution in [-0.4, -0.2) is 11.1 Å². The maximum atomic E-state index is 10.7. The van der Waals surface area contributed by atoms with Crippen molar-refractivity contribution in [2.45, 2.75) is 6.61 Å². The second-order valence-corrected chi connectivity index (χ2v) is 5.15. The smallest absolute Gasteiger partial charge is 0.346 e. The third kappa shape index (κ3) is 2.96. The Morgan fingerprint density at radius 3 is 2.83 bits per heavy atom. The predicted octanol–water partition coefficient (Wildman–Crippen LogP) is 4.33. The van der Waals surface area contributed by atoms with Gasteiger partial charge in [-0.2, -0.15) is 0 Å². The maximum Gasteiger partial charge on any atom is 0.346 e. The molecule has 1 aromatic heterocycles. The summed E-state index contributed by atoms with van der Waals surface area (Å²) in [7, 11) is 0. The minimum absolute atomic E-state index is 0.238. The third-order valence-corrected chi connectivity index (χ3v) is 3.97. The molecule has 1 aromatic carbocycles. The van der Waals surface area contributed by atoms with Gasteiger partial charge in [-0.05, 0) is 6.07 Å². The van der Waals surface area contributed by atoms with Crippen LogP contribution < -0.4 is 4.74 Å². The number of thiophene rings is 1. The molecular formula is C12H8Cl2O3S. The Hall–Kier alpha value is -1.23. The van der Waals surface area contributed by atoms with Crippen molar-refractivity contribution in [2.75, 3.05) is 0 Å². The second-order valence-electron chi connectivity index (χ2n) is 3.45. The van der Waals surface area contributed by atoms with Gasteiger partial charge in [0.1, 0.15) is 17.2 Å². The van der Waals surface area contributed by atoms with Gasteiger partial charge in [0.05, 0.1) is 10.0 Å². The number of halogens is 2. The van der Waals surface area contributed by atoms with Gasteiger partial charge < -0.3 is 9.84 Å². The number of ether oxygens (including phenoxy) is 1. The Kier molecular flexibility index (Phi) is 4.11. The highest BCUT2D eigenvalue weighted by Gasteiger charge is 2.09. The summed E-state index contributed by atoms with van der Waals surface area (Å²) in [4.78, 5) is 10.9. The van der Waals surface area contributed by atoms with Gasteiger partial charge >= 0.3 is 5.97 Å². The fourth-order valence-corrected chi connectivity index (χ4v) is 2.37. The molecule has 0 bridgehead atoms. The Labute approximate surface area is 118 Å². The molecule has 6 heteroatoms. The average Bonchev–Trinajstić information content (AvgIpc) is 2.80. The zero-order valence-corrected chi connectivity index (χ0v) is 11.4. The molecule has 0 radical (unpaired) electrons. The van der Waals surface area contributed by atoms with Crippen molar-refractivity contribution >= 4 is 40.5 Å². The van der Waals surface area contributed by atoms with E-state index >= 15 is 0 Å². The predicted molar refractivity (Wildman–Crippen MR) is 72.1 cm³/mol. The van der Waals surface area contributed by atoms with Crippen molar-refractivity contribution < 1.29 is 14.6 Å². The van der Waals surface area contributed by atoms with E-state index in [0.29, 0.717) is 15.8 Å². The van der Waals surface area contributed by atoms with E-state index in [4.69, 9.17) is 33.0 Å². The van der Waals surface area contributed by atoms with Crippen LogP contribution in [0, 0.1) is 0 Å². The Balaban J connectivity index is 2.07. The monoisotopic (exact) mass is 302 g/mol. The molecule has 0 unspecified atom stereocenters. The van der Waals surface area contributed by atoms with Crippen LogP contribution in [0.3, 0.4) is 0 Å². The summed E-state index contributed by atoms with van der Waals surface area (Å²) in [6.07, 6.45) is 0. The van der Waals surface area contributed by atoms with Gasteiger partial charge in [0.25, 0.3) is 0 Å². The molecular weight excluding hydrogens is 295 g/mol. The molecule has 0 aliphatic rings. The van der Waals surface area contributed by atoms with Crippen LogP contribution in [-0.2, 0) is 6.61 Å². The molecule has 0 aliphatic carbocycles. The Bertz CT molecular complexity index is 580. The molecule has 1 N–H and O–H groups in total. The number of benzene rings is 1. The highest BCUT2D eigenvalue weighted by Crippen LogP contribution is 2.27. The van der Waals surface area contributed by atoms with E-state index in [2.05, 4.69) is 0 Å². The molecule has 94 valence electrons. The number of hydrogen-bond acceptors (Lipinski definition) is 3. The highest BCUT2D eigenvalue weighted by atomic mass is 35.5. The van der Waals surface area contributed by atoms with Crippen molar-refractivity contribution in [1.82, 2.24) is 0 Å². The van der Waals surface area contributed by atoms with Gasteiger partial charge in [-0.3, -0.25) is 0 Å². The molecule has 2 rings (SSSR count). The van der Waals surface area contributed by atoms with E-state index < -0.39 is 5.97 Å². The molecule has 0 spiro atoms. The van der Waals surface area contributed by atoms with E-state index in [1.165, 1.54) is 6.07 Å². The average molecular weight is 303 g/mol. The topological polar surface area (TPSA) is 46.5 Å². The van der Waals surface area contributed by atoms with E-state index in [0.717, 1.165) is 16.9 Å². The van der Waals surface area contributed by atoms with Gasteiger partial charge in [-0.15, -0.1) is 11.3 Å². The van der Waals surface area contributed by atoms with Crippen LogP contribution in [0.15, 0.2) is 29.6 Å². The maximum absolute atomic E-state index is 10.7. The first kappa shape index (κ1) is 13.2. The molecule has 0 saturated carbocycles. The molecule has 0 aliphatic heterocycles. The van der Waals surface area contributed by atoms with E-state index in [1.54, 1.807) is 23.6 Å². The first-order chi connectivity index (χ1) is 8.58. The Morgan fingerprint density at radius 1 is 1.39 bits per heavy atom. The fourth-order valence-electron chi connectivity index (χ4n) is 1.33. The van der Waals surface area contributed by atoms with E-state index in [9.17, 15) is 4.79 Å². The minimum atomic E-state index is -0.962. The summed E-state index contributed by atoms with van der Waals surface area (Å²) in [5, 5.41) is 11.3. The lowest BCUT2D eigenvalue weighted by atomic mass is 10.2. The SMILES string of the molecule is O=C(O)c1cc(OCc2cccc(Cl)c2Cl)cs1. The standard InChI is InChI=1S/C12H8Cl2O3S/c13-9-3-1-2-7(11(9)14)5-17-8-4-10(12(15)16)18-6-8/h1-4,6H,5H2,(H,15,16). The number of aromatic carboxylic acids is 1. The van der Waals surface area contributed by atoms with Crippen LogP contribution in [0.4, 0.5) is 0 Å². The molecule has 0 saturated heterocycles. The molecule has 2 aromatic rings. The van der Waals surface area contributed by atoms with Gasteiger partial charge in [0, 0.05) is 17.0 Å². The molecule has 0 amide bonds. The number of hydrogen-bond donors (Lipinski definition) is 1. The third-order valence-electron chi connectivity index (χ3n) is 2.21. The highest BCUT2D eigenvalue weighted by molar-refractivity contribution is 7.12. The van der Waals surface area contributed by atoms with Gasteiger partial charge in [-0.1, -0.05) is 35.3 Å². The zero-order chi connectivity index (χ0) is 13.1. The van der Waals surface area contributed by atoms with Crippen molar-refractivity contribution in [3.63, 3.8) is 0 Å². The van der Waals surface area contributed by atoms with E-state index in [-0.39, 0.29) is 11.5 Å². The van der Waals surface area contributed by atoms with Crippen molar-refractivity contribution in [3.05, 3.63) is 50.1 Å². The lowest BCUT2D eigenvalue weighted by Crippen LogP contribution is -1.96. The number of carbonyl (C=O) groups is 1. The van der Waals surface area contributed by atoms with Crippen LogP contribution in [0.2, 0.25) is 10.0 Å². The van der Waals surface area contributed by atoms with Gasteiger partial charge in [-0.25, -0.2) is 4.79 Å². The summed E-state index contributed by atoms with van der Waals surface area (Å²) in [5.74, 6) is -0.455. The van der Waals surface area contributed by atoms with Gasteiger partial charge in [0.2, 0.25) is 0 Å². The number of carboxylic acids is 1. The number of carboxylic acid groups (broad SMARTS) is 1. The van der Waals surface area contributed by atoms with Crippen molar-refractivity contribution in [2.24, 2.45) is 0 Å². The largest absolute Gasteiger partial charge is 0.488 e. The van der Waals surface area contributed by atoms with Crippen LogP contribution >= 0.6 is 34.5 Å². The first-order valence-corrected chi connectivity index (χ1v) is 6.59. The molecule has 0 atom stereocenters. The van der Waals surface area contributed by atoms with Gasteiger partial charge in [0.15, 0.2) is 0 Å². The summed E-state index contributed by atoms with van der Waals surface area (Å²) < 4.78 is 5.46. The van der Waals surface area contributed by atoms with Crippen molar-refractivity contribution in [3.8, 4) is 5.75 Å². The minimum Gasteiger partial charge on any atom is -0.488 e. The van der Waals surface area contributed by atoms with Crippen molar-refractivity contribution in [1.29, 1.82) is 0 Å². The van der Waals surface area contributed by atoms with Crippen LogP contribution in [0.1, 0.15) is 15.2 Å². The normalized spacial score (nSPS) is 10.3. The molecule has 3 nitrogen and oxygen atoms in total. The number of rotatable bonds is 4. The Morgan fingerprint density at radius 2 is 2.17 bits per heavy atom. The lowest BCUT2D eigenvalue weighted by molar-refractivity contribution is 0.0702. The van der Waals surface area contributed by atoms with Crippen LogP contribution in [0.5, 0.6) is 5.75 Å².